The summed E-state index contributed by atoms with van der Waals surface area (Å²) in [6, 6.07) is 10.6. The highest BCUT2D eigenvalue weighted by Crippen LogP contribution is 2.27. The molecule has 1 aromatic carbocycles. The second kappa shape index (κ2) is 5.93. The van der Waals surface area contributed by atoms with Crippen LogP contribution in [-0.4, -0.2) is 22.4 Å². The SMILES string of the molecule is O=C(c1ccc([N+](=O)[O-])nc1)N1CCCCc2ccccc21. The van der Waals surface area contributed by atoms with Gasteiger partial charge in [-0.25, -0.2) is 0 Å². The van der Waals surface area contributed by atoms with Crippen molar-refractivity contribution >= 4 is 17.4 Å². The van der Waals surface area contributed by atoms with Crippen molar-refractivity contribution < 1.29 is 9.72 Å². The number of hydrogen-bond donors (Lipinski definition) is 0. The molecule has 0 saturated carbocycles. The second-order valence-electron chi connectivity index (χ2n) is 5.20. The quantitative estimate of drug-likeness (QED) is 0.630. The number of carbonyl (C=O) groups is 1. The Morgan fingerprint density at radius 2 is 2.00 bits per heavy atom. The van der Waals surface area contributed by atoms with Crippen LogP contribution >= 0.6 is 0 Å². The number of para-hydroxylation sites is 1. The van der Waals surface area contributed by atoms with Gasteiger partial charge in [0.25, 0.3) is 5.91 Å². The van der Waals surface area contributed by atoms with Crippen molar-refractivity contribution in [2.24, 2.45) is 0 Å². The molecule has 0 bridgehead atoms. The molecule has 6 heteroatoms. The average Bonchev–Trinajstić information content (AvgIpc) is 2.76. The Hall–Kier alpha value is -2.76. The molecule has 0 N–H and O–H groups in total. The summed E-state index contributed by atoms with van der Waals surface area (Å²) in [5, 5.41) is 10.6. The first-order valence-corrected chi connectivity index (χ1v) is 7.17. The fourth-order valence-electron chi connectivity index (χ4n) is 2.68. The van der Waals surface area contributed by atoms with E-state index >= 15 is 0 Å². The number of carbonyl (C=O) groups excluding carboxylic acids is 1. The molecule has 0 radical (unpaired) electrons. The van der Waals surface area contributed by atoms with Crippen LogP contribution in [0.15, 0.2) is 42.6 Å². The molecule has 1 aliphatic rings. The third-order valence-corrected chi connectivity index (χ3v) is 3.79. The molecule has 1 aliphatic heterocycles. The monoisotopic (exact) mass is 297 g/mol. The van der Waals surface area contributed by atoms with Crippen LogP contribution < -0.4 is 4.90 Å². The Kier molecular flexibility index (Phi) is 3.82. The van der Waals surface area contributed by atoms with Gasteiger partial charge in [0.1, 0.15) is 0 Å². The molecular formula is C16H15N3O3. The number of fused-ring (bicyclic) bond motifs is 1. The molecule has 0 atom stereocenters. The number of pyridine rings is 1. The van der Waals surface area contributed by atoms with Gasteiger partial charge in [-0.2, -0.15) is 0 Å². The lowest BCUT2D eigenvalue weighted by Gasteiger charge is -2.22. The van der Waals surface area contributed by atoms with E-state index in [1.54, 1.807) is 4.90 Å². The number of amides is 1. The molecule has 1 amide bonds. The second-order valence-corrected chi connectivity index (χ2v) is 5.20. The first-order valence-electron chi connectivity index (χ1n) is 7.17. The lowest BCUT2D eigenvalue weighted by Crippen LogP contribution is -2.31. The molecule has 2 heterocycles. The maximum absolute atomic E-state index is 12.7. The molecule has 1 aromatic heterocycles. The molecule has 0 aliphatic carbocycles. The molecule has 0 fully saturated rings. The van der Waals surface area contributed by atoms with Crippen LogP contribution in [0.25, 0.3) is 0 Å². The van der Waals surface area contributed by atoms with E-state index in [1.165, 1.54) is 18.3 Å². The Bertz CT molecular complexity index is 713. The van der Waals surface area contributed by atoms with E-state index in [4.69, 9.17) is 0 Å². The summed E-state index contributed by atoms with van der Waals surface area (Å²) in [5.41, 5.74) is 2.44. The Morgan fingerprint density at radius 1 is 1.18 bits per heavy atom. The highest BCUT2D eigenvalue weighted by atomic mass is 16.6. The largest absolute Gasteiger partial charge is 0.363 e. The van der Waals surface area contributed by atoms with E-state index in [2.05, 4.69) is 4.98 Å². The van der Waals surface area contributed by atoms with Crippen LogP contribution in [-0.2, 0) is 6.42 Å². The van der Waals surface area contributed by atoms with E-state index < -0.39 is 4.92 Å². The highest BCUT2D eigenvalue weighted by molar-refractivity contribution is 6.06. The molecule has 112 valence electrons. The number of rotatable bonds is 2. The van der Waals surface area contributed by atoms with Gasteiger partial charge in [-0.05, 0) is 46.9 Å². The third-order valence-electron chi connectivity index (χ3n) is 3.79. The molecule has 22 heavy (non-hydrogen) atoms. The van der Waals surface area contributed by atoms with Crippen LogP contribution in [0, 0.1) is 10.1 Å². The Labute approximate surface area is 127 Å². The molecular weight excluding hydrogens is 282 g/mol. The lowest BCUT2D eigenvalue weighted by atomic mass is 10.1. The zero-order chi connectivity index (χ0) is 15.5. The predicted octanol–water partition coefficient (Wildman–Crippen LogP) is 2.97. The van der Waals surface area contributed by atoms with Gasteiger partial charge in [-0.15, -0.1) is 0 Å². The van der Waals surface area contributed by atoms with Crippen molar-refractivity contribution in [3.63, 3.8) is 0 Å². The van der Waals surface area contributed by atoms with Crippen molar-refractivity contribution in [1.82, 2.24) is 4.98 Å². The minimum atomic E-state index is -0.574. The van der Waals surface area contributed by atoms with Crippen molar-refractivity contribution in [1.29, 1.82) is 0 Å². The molecule has 2 aromatic rings. The van der Waals surface area contributed by atoms with Crippen molar-refractivity contribution in [3.05, 3.63) is 63.8 Å². The molecule has 3 rings (SSSR count). The minimum absolute atomic E-state index is 0.170. The molecule has 0 saturated heterocycles. The first-order chi connectivity index (χ1) is 10.7. The zero-order valence-corrected chi connectivity index (χ0v) is 11.9. The standard InChI is InChI=1S/C16H15N3O3/c20-16(13-8-9-15(17-11-13)19(21)22)18-10-4-3-6-12-5-1-2-7-14(12)18/h1-2,5,7-9,11H,3-4,6,10H2. The van der Waals surface area contributed by atoms with Crippen molar-refractivity contribution in [2.75, 3.05) is 11.4 Å². The number of hydrogen-bond acceptors (Lipinski definition) is 4. The van der Waals surface area contributed by atoms with Gasteiger partial charge in [0.05, 0.1) is 5.56 Å². The maximum atomic E-state index is 12.7. The van der Waals surface area contributed by atoms with Gasteiger partial charge in [0.2, 0.25) is 0 Å². The minimum Gasteiger partial charge on any atom is -0.358 e. The van der Waals surface area contributed by atoms with Crippen molar-refractivity contribution in [3.8, 4) is 0 Å². The van der Waals surface area contributed by atoms with Gasteiger partial charge < -0.3 is 15.0 Å². The molecule has 0 unspecified atom stereocenters. The van der Waals surface area contributed by atoms with Crippen LogP contribution in [0.3, 0.4) is 0 Å². The number of benzene rings is 1. The summed E-state index contributed by atoms with van der Waals surface area (Å²) >= 11 is 0. The molecule has 0 spiro atoms. The summed E-state index contributed by atoms with van der Waals surface area (Å²) < 4.78 is 0. The topological polar surface area (TPSA) is 76.3 Å². The number of aryl methyl sites for hydroxylation is 1. The van der Waals surface area contributed by atoms with E-state index in [0.717, 1.165) is 30.5 Å². The normalized spacial score (nSPS) is 14.1. The van der Waals surface area contributed by atoms with E-state index in [1.807, 2.05) is 24.3 Å². The van der Waals surface area contributed by atoms with Gasteiger partial charge in [0.15, 0.2) is 6.20 Å². The summed E-state index contributed by atoms with van der Waals surface area (Å²) in [5.74, 6) is -0.426. The highest BCUT2D eigenvalue weighted by Gasteiger charge is 2.23. The van der Waals surface area contributed by atoms with Crippen LogP contribution in [0.4, 0.5) is 11.5 Å². The Balaban J connectivity index is 1.93. The first kappa shape index (κ1) is 14.2. The Morgan fingerprint density at radius 3 is 2.73 bits per heavy atom. The fraction of sp³-hybridized carbons (Fsp3) is 0.250. The maximum Gasteiger partial charge on any atom is 0.363 e. The number of anilines is 1. The van der Waals surface area contributed by atoms with Crippen molar-refractivity contribution in [2.45, 2.75) is 19.3 Å². The van der Waals surface area contributed by atoms with Gasteiger partial charge in [-0.1, -0.05) is 18.2 Å². The van der Waals surface area contributed by atoms with E-state index in [-0.39, 0.29) is 11.7 Å². The summed E-state index contributed by atoms with van der Waals surface area (Å²) in [4.78, 5) is 28.2. The van der Waals surface area contributed by atoms with Crippen LogP contribution in [0.1, 0.15) is 28.8 Å². The summed E-state index contributed by atoms with van der Waals surface area (Å²) in [6.45, 7) is 0.646. The summed E-state index contributed by atoms with van der Waals surface area (Å²) in [6.07, 6.45) is 4.20. The number of nitro groups is 1. The zero-order valence-electron chi connectivity index (χ0n) is 11.9. The predicted molar refractivity (Wildman–Crippen MR) is 81.9 cm³/mol. The number of nitrogens with zero attached hydrogens (tertiary/aromatic N) is 3. The van der Waals surface area contributed by atoms with Gasteiger partial charge in [-0.3, -0.25) is 4.79 Å². The smallest absolute Gasteiger partial charge is 0.358 e. The van der Waals surface area contributed by atoms with Crippen LogP contribution in [0.2, 0.25) is 0 Å². The molecule has 6 nitrogen and oxygen atoms in total. The fourth-order valence-corrected chi connectivity index (χ4v) is 2.68. The van der Waals surface area contributed by atoms with Crippen LogP contribution in [0.5, 0.6) is 0 Å². The van der Waals surface area contributed by atoms with Gasteiger partial charge >= 0.3 is 5.82 Å². The average molecular weight is 297 g/mol. The lowest BCUT2D eigenvalue weighted by molar-refractivity contribution is -0.389. The van der Waals surface area contributed by atoms with E-state index in [0.29, 0.717) is 12.1 Å². The number of aromatic nitrogens is 1. The van der Waals surface area contributed by atoms with Gasteiger partial charge in [0, 0.05) is 18.3 Å². The summed E-state index contributed by atoms with van der Waals surface area (Å²) in [7, 11) is 0. The third kappa shape index (κ3) is 2.67. The van der Waals surface area contributed by atoms with E-state index in [9.17, 15) is 14.9 Å².